The molecule has 2 amide bonds. The van der Waals surface area contributed by atoms with Gasteiger partial charge in [-0.05, 0) is 41.8 Å². The molecule has 232 valence electrons. The Morgan fingerprint density at radius 3 is 2.21 bits per heavy atom. The first-order chi connectivity index (χ1) is 20.2. The van der Waals surface area contributed by atoms with Crippen LogP contribution in [0.15, 0.2) is 72.8 Å². The number of benzene rings is 3. The lowest BCUT2D eigenvalue weighted by atomic mass is 10.0. The molecule has 0 spiro atoms. The molecule has 1 N–H and O–H groups in total. The second-order valence-corrected chi connectivity index (χ2v) is 12.6. The van der Waals surface area contributed by atoms with Gasteiger partial charge < -0.3 is 10.2 Å². The van der Waals surface area contributed by atoms with Crippen molar-refractivity contribution in [3.8, 4) is 0 Å². The zero-order valence-corrected chi connectivity index (χ0v) is 25.9. The van der Waals surface area contributed by atoms with E-state index in [0.29, 0.717) is 40.0 Å². The summed E-state index contributed by atoms with van der Waals surface area (Å²) in [5.74, 6) is -1.31. The first-order valence-corrected chi connectivity index (χ1v) is 16.0. The summed E-state index contributed by atoms with van der Waals surface area (Å²) in [6.45, 7) is 1.21. The smallest absolute Gasteiger partial charge is 0.354 e. The molecule has 0 fully saturated rings. The van der Waals surface area contributed by atoms with E-state index in [-0.39, 0.29) is 18.0 Å². The minimum Gasteiger partial charge on any atom is -0.354 e. The average molecular weight is 659 g/mol. The third kappa shape index (κ3) is 9.61. The van der Waals surface area contributed by atoms with E-state index in [1.54, 1.807) is 54.6 Å². The van der Waals surface area contributed by atoms with Gasteiger partial charge in [-0.15, -0.1) is 0 Å². The number of hydrogen-bond acceptors (Lipinski definition) is 4. The summed E-state index contributed by atoms with van der Waals surface area (Å²) in [6, 6.07) is 16.7. The zero-order chi connectivity index (χ0) is 31.8. The number of amides is 2. The number of unbranched alkanes of at least 4 members (excludes halogenated alkanes) is 1. The Labute approximate surface area is 259 Å². The normalized spacial score (nSPS) is 12.4. The molecular formula is C30H32Cl2F3N3O4S. The standard InChI is InChI=1S/C30H32Cl2F3N3O4S/c1-3-4-16-36-29(40)27(17-21-10-6-5-7-11-21)37(19-22-12-8-9-13-24(22)31)28(39)20-38(43(2,41)42)26-18-23(30(33,34)35)14-15-25(26)32/h5-15,18,27H,3-4,16-17,19-20H2,1-2H3,(H,36,40). The summed E-state index contributed by atoms with van der Waals surface area (Å²) >= 11 is 12.6. The molecule has 3 rings (SSSR count). The fourth-order valence-electron chi connectivity index (χ4n) is 4.35. The Morgan fingerprint density at radius 2 is 1.60 bits per heavy atom. The second-order valence-electron chi connectivity index (χ2n) is 9.90. The molecule has 0 aliphatic heterocycles. The van der Waals surface area contributed by atoms with Gasteiger partial charge in [0, 0.05) is 24.5 Å². The molecule has 0 aromatic heterocycles. The van der Waals surface area contributed by atoms with Crippen LogP contribution in [0.25, 0.3) is 0 Å². The summed E-state index contributed by atoms with van der Waals surface area (Å²) in [7, 11) is -4.33. The van der Waals surface area contributed by atoms with Crippen molar-refractivity contribution in [3.05, 3.63) is 99.5 Å². The van der Waals surface area contributed by atoms with E-state index in [1.165, 1.54) is 4.90 Å². The molecule has 43 heavy (non-hydrogen) atoms. The summed E-state index contributed by atoms with van der Waals surface area (Å²) < 4.78 is 66.9. The molecule has 3 aromatic rings. The number of hydrogen-bond donors (Lipinski definition) is 1. The molecule has 0 heterocycles. The van der Waals surface area contributed by atoms with Crippen LogP contribution < -0.4 is 9.62 Å². The average Bonchev–Trinajstić information content (AvgIpc) is 2.94. The maximum Gasteiger partial charge on any atom is 0.416 e. The third-order valence-electron chi connectivity index (χ3n) is 6.62. The van der Waals surface area contributed by atoms with Gasteiger partial charge in [-0.1, -0.05) is 85.1 Å². The van der Waals surface area contributed by atoms with Crippen molar-refractivity contribution in [3.63, 3.8) is 0 Å². The molecule has 13 heteroatoms. The first-order valence-electron chi connectivity index (χ1n) is 13.4. The van der Waals surface area contributed by atoms with Gasteiger partial charge in [0.1, 0.15) is 12.6 Å². The third-order valence-corrected chi connectivity index (χ3v) is 8.44. The Hall–Kier alpha value is -3.28. The number of rotatable bonds is 13. The SMILES string of the molecule is CCCCNC(=O)C(Cc1ccccc1)N(Cc1ccccc1Cl)C(=O)CN(c1cc(C(F)(F)F)ccc1Cl)S(C)(=O)=O. The van der Waals surface area contributed by atoms with Crippen molar-refractivity contribution in [1.82, 2.24) is 10.2 Å². The van der Waals surface area contributed by atoms with Gasteiger partial charge in [0.05, 0.1) is 22.5 Å². The largest absolute Gasteiger partial charge is 0.416 e. The molecule has 7 nitrogen and oxygen atoms in total. The van der Waals surface area contributed by atoms with Crippen LogP contribution in [0.2, 0.25) is 10.0 Å². The van der Waals surface area contributed by atoms with Gasteiger partial charge in [0.2, 0.25) is 21.8 Å². The second kappa shape index (κ2) is 14.9. The van der Waals surface area contributed by atoms with Crippen molar-refractivity contribution in [2.75, 3.05) is 23.7 Å². The highest BCUT2D eigenvalue weighted by Gasteiger charge is 2.36. The van der Waals surface area contributed by atoms with E-state index in [4.69, 9.17) is 23.2 Å². The minimum absolute atomic E-state index is 0.0815. The number of halogens is 5. The number of carbonyl (C=O) groups excluding carboxylic acids is 2. The van der Waals surface area contributed by atoms with Crippen LogP contribution in [-0.2, 0) is 38.8 Å². The molecule has 0 bridgehead atoms. The monoisotopic (exact) mass is 657 g/mol. The molecule has 0 radical (unpaired) electrons. The van der Waals surface area contributed by atoms with Crippen LogP contribution in [0, 0.1) is 0 Å². The van der Waals surface area contributed by atoms with E-state index < -0.39 is 51.9 Å². The van der Waals surface area contributed by atoms with Crippen molar-refractivity contribution in [2.24, 2.45) is 0 Å². The summed E-state index contributed by atoms with van der Waals surface area (Å²) in [6.07, 6.45) is -2.45. The van der Waals surface area contributed by atoms with Crippen molar-refractivity contribution >= 4 is 50.7 Å². The Kier molecular flexibility index (Phi) is 11.9. The van der Waals surface area contributed by atoms with E-state index in [1.807, 2.05) is 6.92 Å². The van der Waals surface area contributed by atoms with Gasteiger partial charge in [0.25, 0.3) is 0 Å². The number of anilines is 1. The molecule has 0 saturated heterocycles. The van der Waals surface area contributed by atoms with Crippen LogP contribution in [0.4, 0.5) is 18.9 Å². The summed E-state index contributed by atoms with van der Waals surface area (Å²) in [5, 5.41) is 2.85. The predicted molar refractivity (Wildman–Crippen MR) is 162 cm³/mol. The number of sulfonamides is 1. The van der Waals surface area contributed by atoms with Crippen molar-refractivity contribution < 1.29 is 31.2 Å². The predicted octanol–water partition coefficient (Wildman–Crippen LogP) is 6.33. The Bertz CT molecular complexity index is 1520. The molecule has 0 aliphatic rings. The molecule has 1 unspecified atom stereocenters. The van der Waals surface area contributed by atoms with E-state index >= 15 is 0 Å². The van der Waals surface area contributed by atoms with E-state index in [0.717, 1.165) is 24.3 Å². The maximum absolute atomic E-state index is 14.1. The molecule has 0 saturated carbocycles. The number of nitrogens with zero attached hydrogens (tertiary/aromatic N) is 2. The van der Waals surface area contributed by atoms with Crippen molar-refractivity contribution in [2.45, 2.75) is 44.9 Å². The van der Waals surface area contributed by atoms with Gasteiger partial charge in [-0.25, -0.2) is 8.42 Å². The summed E-state index contributed by atoms with van der Waals surface area (Å²) in [5.41, 5.74) is -0.439. The number of carbonyl (C=O) groups is 2. The Balaban J connectivity index is 2.11. The zero-order valence-electron chi connectivity index (χ0n) is 23.6. The molecule has 1 atom stereocenters. The maximum atomic E-state index is 14.1. The van der Waals surface area contributed by atoms with Gasteiger partial charge in [-0.2, -0.15) is 13.2 Å². The van der Waals surface area contributed by atoms with Gasteiger partial charge >= 0.3 is 6.18 Å². The van der Waals surface area contributed by atoms with Gasteiger partial charge in [-0.3, -0.25) is 13.9 Å². The molecule has 0 aliphatic carbocycles. The van der Waals surface area contributed by atoms with E-state index in [9.17, 15) is 31.2 Å². The van der Waals surface area contributed by atoms with Crippen molar-refractivity contribution in [1.29, 1.82) is 0 Å². The first kappa shape index (κ1) is 34.2. The van der Waals surface area contributed by atoms with Gasteiger partial charge in [0.15, 0.2) is 0 Å². The lowest BCUT2D eigenvalue weighted by Crippen LogP contribution is -2.53. The highest BCUT2D eigenvalue weighted by molar-refractivity contribution is 7.92. The lowest BCUT2D eigenvalue weighted by Gasteiger charge is -2.34. The number of nitrogens with one attached hydrogen (secondary N) is 1. The summed E-state index contributed by atoms with van der Waals surface area (Å²) in [4.78, 5) is 28.9. The lowest BCUT2D eigenvalue weighted by molar-refractivity contribution is -0.140. The van der Waals surface area contributed by atoms with Crippen LogP contribution in [0.3, 0.4) is 0 Å². The fourth-order valence-corrected chi connectivity index (χ4v) is 5.66. The quantitative estimate of drug-likeness (QED) is 0.218. The fraction of sp³-hybridized carbons (Fsp3) is 0.333. The van der Waals surface area contributed by atoms with Crippen LogP contribution >= 0.6 is 23.2 Å². The van der Waals surface area contributed by atoms with Crippen LogP contribution in [-0.4, -0.2) is 50.5 Å². The minimum atomic E-state index is -4.79. The van der Waals surface area contributed by atoms with Crippen LogP contribution in [0.1, 0.15) is 36.5 Å². The molecule has 3 aromatic carbocycles. The van der Waals surface area contributed by atoms with E-state index in [2.05, 4.69) is 5.32 Å². The van der Waals surface area contributed by atoms with Crippen LogP contribution in [0.5, 0.6) is 0 Å². The topological polar surface area (TPSA) is 86.8 Å². The number of alkyl halides is 3. The Morgan fingerprint density at radius 1 is 0.953 bits per heavy atom. The molecular weight excluding hydrogens is 626 g/mol. The highest BCUT2D eigenvalue weighted by Crippen LogP contribution is 2.36. The highest BCUT2D eigenvalue weighted by atomic mass is 35.5.